The summed E-state index contributed by atoms with van der Waals surface area (Å²) in [5.41, 5.74) is 0. The van der Waals surface area contributed by atoms with E-state index in [4.69, 9.17) is 0 Å². The van der Waals surface area contributed by atoms with E-state index in [1.807, 2.05) is 0 Å². The average molecular weight is 239 g/mol. The molecule has 2 aliphatic rings. The van der Waals surface area contributed by atoms with Gasteiger partial charge in [0, 0.05) is 38.8 Å². The molecule has 100 valence electrons. The molecule has 0 aromatic rings. The standard InChI is InChI=1S/C14H29N3/c1-13-12-17(10-9-16(13)2)8-7-15-11-14-5-3-4-6-14/h13-15H,3-12H2,1-2H3. The van der Waals surface area contributed by atoms with Crippen LogP contribution in [0.4, 0.5) is 0 Å². The number of piperazine rings is 1. The fourth-order valence-electron chi connectivity index (χ4n) is 3.08. The molecule has 0 spiro atoms. The second kappa shape index (κ2) is 6.72. The number of rotatable bonds is 5. The molecule has 3 heteroatoms. The van der Waals surface area contributed by atoms with Crippen molar-refractivity contribution in [2.45, 2.75) is 38.6 Å². The van der Waals surface area contributed by atoms with Crippen molar-refractivity contribution in [2.75, 3.05) is 46.3 Å². The SMILES string of the molecule is CC1CN(CCNCC2CCCC2)CCN1C. The molecule has 1 aliphatic heterocycles. The minimum atomic E-state index is 0.721. The fraction of sp³-hybridized carbons (Fsp3) is 1.00. The Morgan fingerprint density at radius 3 is 2.65 bits per heavy atom. The minimum absolute atomic E-state index is 0.721. The zero-order chi connectivity index (χ0) is 12.1. The quantitative estimate of drug-likeness (QED) is 0.732. The van der Waals surface area contributed by atoms with Gasteiger partial charge in [-0.15, -0.1) is 0 Å². The van der Waals surface area contributed by atoms with E-state index in [0.29, 0.717) is 0 Å². The predicted molar refractivity (Wildman–Crippen MR) is 73.4 cm³/mol. The molecule has 0 aromatic heterocycles. The van der Waals surface area contributed by atoms with Crippen molar-refractivity contribution >= 4 is 0 Å². The summed E-state index contributed by atoms with van der Waals surface area (Å²) >= 11 is 0. The molecule has 2 fully saturated rings. The molecule has 17 heavy (non-hydrogen) atoms. The maximum atomic E-state index is 3.65. The van der Waals surface area contributed by atoms with E-state index in [-0.39, 0.29) is 0 Å². The number of hydrogen-bond donors (Lipinski definition) is 1. The Bertz CT molecular complexity index is 214. The maximum absolute atomic E-state index is 3.65. The maximum Gasteiger partial charge on any atom is 0.0192 e. The van der Waals surface area contributed by atoms with Gasteiger partial charge in [-0.25, -0.2) is 0 Å². The molecule has 2 rings (SSSR count). The van der Waals surface area contributed by atoms with Gasteiger partial charge in [-0.1, -0.05) is 12.8 Å². The molecule has 1 unspecified atom stereocenters. The Labute approximate surface area is 107 Å². The Morgan fingerprint density at radius 2 is 1.94 bits per heavy atom. The van der Waals surface area contributed by atoms with Gasteiger partial charge in [0.05, 0.1) is 0 Å². The van der Waals surface area contributed by atoms with Gasteiger partial charge in [-0.2, -0.15) is 0 Å². The van der Waals surface area contributed by atoms with Crippen LogP contribution in [0.15, 0.2) is 0 Å². The van der Waals surface area contributed by atoms with Crippen molar-refractivity contribution in [3.8, 4) is 0 Å². The van der Waals surface area contributed by atoms with Crippen LogP contribution >= 0.6 is 0 Å². The molecule has 1 N–H and O–H groups in total. The van der Waals surface area contributed by atoms with Crippen molar-refractivity contribution in [1.82, 2.24) is 15.1 Å². The lowest BCUT2D eigenvalue weighted by molar-refractivity contribution is 0.106. The molecular weight excluding hydrogens is 210 g/mol. The Kier molecular flexibility index (Phi) is 5.26. The van der Waals surface area contributed by atoms with E-state index in [1.54, 1.807) is 0 Å². The largest absolute Gasteiger partial charge is 0.315 e. The van der Waals surface area contributed by atoms with E-state index in [9.17, 15) is 0 Å². The van der Waals surface area contributed by atoms with E-state index in [1.165, 1.54) is 65.0 Å². The van der Waals surface area contributed by atoms with Crippen LogP contribution in [0.3, 0.4) is 0 Å². The monoisotopic (exact) mass is 239 g/mol. The van der Waals surface area contributed by atoms with Crippen LogP contribution in [0.1, 0.15) is 32.6 Å². The normalized spacial score (nSPS) is 28.9. The van der Waals surface area contributed by atoms with Crippen molar-refractivity contribution in [1.29, 1.82) is 0 Å². The first kappa shape index (κ1) is 13.3. The highest BCUT2D eigenvalue weighted by atomic mass is 15.3. The van der Waals surface area contributed by atoms with Crippen LogP contribution in [-0.4, -0.2) is 62.2 Å². The minimum Gasteiger partial charge on any atom is -0.315 e. The lowest BCUT2D eigenvalue weighted by Gasteiger charge is -2.37. The third-order valence-corrected chi connectivity index (χ3v) is 4.56. The third-order valence-electron chi connectivity index (χ3n) is 4.56. The highest BCUT2D eigenvalue weighted by molar-refractivity contribution is 4.77. The van der Waals surface area contributed by atoms with Crippen LogP contribution in [0.5, 0.6) is 0 Å². The molecule has 0 amide bonds. The number of nitrogens with zero attached hydrogens (tertiary/aromatic N) is 2. The molecule has 1 saturated carbocycles. The van der Waals surface area contributed by atoms with Gasteiger partial charge in [0.25, 0.3) is 0 Å². The topological polar surface area (TPSA) is 18.5 Å². The summed E-state index contributed by atoms with van der Waals surface area (Å²) < 4.78 is 0. The molecule has 1 atom stereocenters. The smallest absolute Gasteiger partial charge is 0.0192 e. The first-order valence-corrected chi connectivity index (χ1v) is 7.39. The summed E-state index contributed by atoms with van der Waals surface area (Å²) in [6.45, 7) is 9.69. The number of hydrogen-bond acceptors (Lipinski definition) is 3. The molecule has 0 aromatic carbocycles. The van der Waals surface area contributed by atoms with Crippen LogP contribution in [0, 0.1) is 5.92 Å². The summed E-state index contributed by atoms with van der Waals surface area (Å²) in [5.74, 6) is 0.974. The van der Waals surface area contributed by atoms with Crippen LogP contribution < -0.4 is 5.32 Å². The van der Waals surface area contributed by atoms with Crippen molar-refractivity contribution in [3.63, 3.8) is 0 Å². The van der Waals surface area contributed by atoms with Crippen molar-refractivity contribution in [3.05, 3.63) is 0 Å². The summed E-state index contributed by atoms with van der Waals surface area (Å²) in [4.78, 5) is 5.06. The van der Waals surface area contributed by atoms with Crippen molar-refractivity contribution < 1.29 is 0 Å². The van der Waals surface area contributed by atoms with Crippen molar-refractivity contribution in [2.24, 2.45) is 5.92 Å². The predicted octanol–water partition coefficient (Wildman–Crippen LogP) is 1.40. The first-order valence-electron chi connectivity index (χ1n) is 7.39. The van der Waals surface area contributed by atoms with E-state index < -0.39 is 0 Å². The molecule has 3 nitrogen and oxygen atoms in total. The van der Waals surface area contributed by atoms with Crippen LogP contribution in [0.2, 0.25) is 0 Å². The lowest BCUT2D eigenvalue weighted by atomic mass is 10.1. The summed E-state index contributed by atoms with van der Waals surface area (Å²) in [5, 5.41) is 3.65. The zero-order valence-corrected chi connectivity index (χ0v) is 11.6. The molecular formula is C14H29N3. The average Bonchev–Trinajstić information content (AvgIpc) is 2.82. The van der Waals surface area contributed by atoms with Gasteiger partial charge in [-0.3, -0.25) is 4.90 Å². The second-order valence-electron chi connectivity index (χ2n) is 5.98. The van der Waals surface area contributed by atoms with Crippen LogP contribution in [-0.2, 0) is 0 Å². The Hall–Kier alpha value is -0.120. The Morgan fingerprint density at radius 1 is 1.18 bits per heavy atom. The highest BCUT2D eigenvalue weighted by Crippen LogP contribution is 2.23. The number of nitrogens with one attached hydrogen (secondary N) is 1. The first-order chi connectivity index (χ1) is 8.25. The van der Waals surface area contributed by atoms with Gasteiger partial charge in [0.2, 0.25) is 0 Å². The molecule has 1 aliphatic carbocycles. The van der Waals surface area contributed by atoms with E-state index >= 15 is 0 Å². The summed E-state index contributed by atoms with van der Waals surface area (Å²) in [6, 6.07) is 0.721. The van der Waals surface area contributed by atoms with Crippen LogP contribution in [0.25, 0.3) is 0 Å². The van der Waals surface area contributed by atoms with Gasteiger partial charge < -0.3 is 10.2 Å². The van der Waals surface area contributed by atoms with E-state index in [0.717, 1.165) is 12.0 Å². The van der Waals surface area contributed by atoms with Gasteiger partial charge in [-0.05, 0) is 39.3 Å². The number of likely N-dealkylation sites (N-methyl/N-ethyl adjacent to an activating group) is 1. The fourth-order valence-corrected chi connectivity index (χ4v) is 3.08. The summed E-state index contributed by atoms with van der Waals surface area (Å²) in [7, 11) is 2.24. The van der Waals surface area contributed by atoms with Gasteiger partial charge in [0.15, 0.2) is 0 Å². The third kappa shape index (κ3) is 4.23. The molecule has 0 radical (unpaired) electrons. The highest BCUT2D eigenvalue weighted by Gasteiger charge is 2.20. The van der Waals surface area contributed by atoms with Gasteiger partial charge >= 0.3 is 0 Å². The van der Waals surface area contributed by atoms with Gasteiger partial charge in [0.1, 0.15) is 0 Å². The molecule has 1 saturated heterocycles. The second-order valence-corrected chi connectivity index (χ2v) is 5.98. The van der Waals surface area contributed by atoms with E-state index in [2.05, 4.69) is 29.1 Å². The summed E-state index contributed by atoms with van der Waals surface area (Å²) in [6.07, 6.45) is 5.84. The Balaban J connectivity index is 1.53. The molecule has 0 bridgehead atoms. The lowest BCUT2D eigenvalue weighted by Crippen LogP contribution is -2.51. The molecule has 1 heterocycles. The zero-order valence-electron chi connectivity index (χ0n) is 11.6.